The molecule has 0 bridgehead atoms. The Balaban J connectivity index is 1.80. The average molecular weight is 568 g/mol. The van der Waals surface area contributed by atoms with Gasteiger partial charge in [-0.15, -0.1) is 0 Å². The number of carbonyl (C=O) groups excluding carboxylic acids is 2. The third kappa shape index (κ3) is 4.74. The summed E-state index contributed by atoms with van der Waals surface area (Å²) in [5, 5.41) is 5.96. The van der Waals surface area contributed by atoms with Crippen LogP contribution in [0, 0.1) is 0 Å². The van der Waals surface area contributed by atoms with Crippen molar-refractivity contribution in [1.82, 2.24) is 10.5 Å². The second kappa shape index (κ2) is 9.15. The first-order valence-electron chi connectivity index (χ1n) is 12.1. The molecule has 0 saturated carbocycles. The molecule has 0 aromatic heterocycles. The molecule has 1 aliphatic heterocycles. The number of halogens is 6. The third-order valence-electron chi connectivity index (χ3n) is 7.61. The number of amides is 2. The summed E-state index contributed by atoms with van der Waals surface area (Å²) in [4.78, 5) is 25.7. The molecule has 38 heavy (non-hydrogen) atoms. The van der Waals surface area contributed by atoms with Crippen molar-refractivity contribution < 1.29 is 35.9 Å². The Hall–Kier alpha value is -2.80. The van der Waals surface area contributed by atoms with E-state index in [0.29, 0.717) is 29.7 Å². The molecule has 2 aromatic rings. The van der Waals surface area contributed by atoms with Crippen LogP contribution in [0.15, 0.2) is 42.0 Å². The van der Waals surface area contributed by atoms with E-state index in [0.717, 1.165) is 5.57 Å². The molecule has 13 heteroatoms. The van der Waals surface area contributed by atoms with Crippen LogP contribution in [0.4, 0.5) is 35.9 Å². The van der Waals surface area contributed by atoms with Crippen LogP contribution < -0.4 is 10.5 Å². The number of carbonyl (C=O) groups is 2. The zero-order valence-electron chi connectivity index (χ0n) is 21.5. The fourth-order valence-electron chi connectivity index (χ4n) is 5.41. The van der Waals surface area contributed by atoms with Gasteiger partial charge >= 0.3 is 12.4 Å². The Morgan fingerprint density at radius 3 is 2.11 bits per heavy atom. The van der Waals surface area contributed by atoms with Gasteiger partial charge in [-0.1, -0.05) is 57.4 Å². The van der Waals surface area contributed by atoms with Gasteiger partial charge in [0.15, 0.2) is 11.1 Å². The highest BCUT2D eigenvalue weighted by atomic mass is 28.4. The highest BCUT2D eigenvalue weighted by molar-refractivity contribution is 7.75. The van der Waals surface area contributed by atoms with Gasteiger partial charge < -0.3 is 10.5 Å². The summed E-state index contributed by atoms with van der Waals surface area (Å²) in [5.74, 6) is 0. The molecular formula is C25H27BF6N2O2Si2. The van der Waals surface area contributed by atoms with E-state index in [1.165, 1.54) is 6.07 Å². The van der Waals surface area contributed by atoms with Crippen molar-refractivity contribution in [2.75, 3.05) is 0 Å². The minimum absolute atomic E-state index is 0.0106. The summed E-state index contributed by atoms with van der Waals surface area (Å²) in [5.41, 5.74) is -1.19. The molecule has 1 atom stereocenters. The van der Waals surface area contributed by atoms with E-state index in [9.17, 15) is 35.9 Å². The lowest BCUT2D eigenvalue weighted by Crippen LogP contribution is -2.87. The van der Waals surface area contributed by atoms with E-state index in [4.69, 9.17) is 0 Å². The Kier molecular flexibility index (Phi) is 6.79. The predicted molar refractivity (Wildman–Crippen MR) is 141 cm³/mol. The fourth-order valence-corrected chi connectivity index (χ4v) is 15.9. The first-order chi connectivity index (χ1) is 17.4. The van der Waals surface area contributed by atoms with E-state index in [1.807, 2.05) is 39.2 Å². The number of benzene rings is 2. The SMILES string of the molecule is CCC1=Cc2cccc(-c3cc(C(F)(F)F)cc(C(F)(F)F)c3)c2C1NC(=O)[Si](C)(C)B1NC(=O)[Si]1(C)C. The van der Waals surface area contributed by atoms with Gasteiger partial charge in [0.2, 0.25) is 0 Å². The van der Waals surface area contributed by atoms with Crippen LogP contribution in [-0.2, 0) is 12.4 Å². The van der Waals surface area contributed by atoms with Gasteiger partial charge in [-0.2, -0.15) is 26.3 Å². The first kappa shape index (κ1) is 28.2. The molecule has 1 unspecified atom stereocenters. The smallest absolute Gasteiger partial charge is 0.408 e. The van der Waals surface area contributed by atoms with Gasteiger partial charge in [0, 0.05) is 0 Å². The van der Waals surface area contributed by atoms with Crippen molar-refractivity contribution in [1.29, 1.82) is 0 Å². The number of nitrogens with one attached hydrogen (secondary N) is 2. The Bertz CT molecular complexity index is 1320. The van der Waals surface area contributed by atoms with E-state index >= 15 is 0 Å². The standard InChI is InChI=1S/C25H27BF6N2O2Si2/c1-6-14-10-15-8-7-9-19(16-11-17(24(27,28)29)13-18(12-16)25(30,31)32)20(15)21(14)33-22(35)37(2,3)26-34-23(36)38(26,4)5/h7-13,21H,6H2,1-5H3,(H,33,35)(H,34,36). The monoisotopic (exact) mass is 568 g/mol. The van der Waals surface area contributed by atoms with Gasteiger partial charge in [-0.3, -0.25) is 9.59 Å². The highest BCUT2D eigenvalue weighted by Gasteiger charge is 2.63. The van der Waals surface area contributed by atoms with E-state index < -0.39 is 45.4 Å². The maximum atomic E-state index is 13.6. The molecule has 2 aromatic carbocycles. The van der Waals surface area contributed by atoms with Gasteiger partial charge in [0.1, 0.15) is 15.9 Å². The molecule has 1 saturated heterocycles. The summed E-state index contributed by atoms with van der Waals surface area (Å²) in [6.45, 7) is 9.41. The molecule has 2 N–H and O–H groups in total. The van der Waals surface area contributed by atoms with E-state index in [2.05, 4.69) is 10.5 Å². The maximum Gasteiger partial charge on any atom is 0.416 e. The number of rotatable bonds is 5. The second-order valence-electron chi connectivity index (χ2n) is 10.9. The zero-order valence-corrected chi connectivity index (χ0v) is 23.5. The van der Waals surface area contributed by atoms with E-state index in [1.54, 1.807) is 12.1 Å². The number of alkyl halides is 6. The lowest BCUT2D eigenvalue weighted by atomic mass is 9.90. The van der Waals surface area contributed by atoms with E-state index in [-0.39, 0.29) is 34.3 Å². The van der Waals surface area contributed by atoms with Crippen LogP contribution >= 0.6 is 0 Å². The number of hydrogen-bond donors (Lipinski definition) is 2. The van der Waals surface area contributed by atoms with Crippen LogP contribution in [-0.4, -0.2) is 33.0 Å². The molecule has 4 nitrogen and oxygen atoms in total. The minimum atomic E-state index is -4.98. The average Bonchev–Trinajstić information content (AvgIpc) is 3.18. The van der Waals surface area contributed by atoms with Crippen molar-refractivity contribution in [2.24, 2.45) is 0 Å². The second-order valence-corrected chi connectivity index (χ2v) is 20.5. The molecule has 1 aliphatic carbocycles. The lowest BCUT2D eigenvalue weighted by molar-refractivity contribution is -0.143. The molecule has 1 heterocycles. The largest absolute Gasteiger partial charge is 0.416 e. The van der Waals surface area contributed by atoms with Crippen LogP contribution in [0.5, 0.6) is 0 Å². The van der Waals surface area contributed by atoms with Crippen molar-refractivity contribution in [3.63, 3.8) is 0 Å². The normalized spacial score (nSPS) is 18.9. The summed E-state index contributed by atoms with van der Waals surface area (Å²) >= 11 is 0. The first-order valence-corrected chi connectivity index (χ1v) is 18.3. The van der Waals surface area contributed by atoms with Gasteiger partial charge in [0.25, 0.3) is 6.03 Å². The van der Waals surface area contributed by atoms with Crippen molar-refractivity contribution in [2.45, 2.75) is 57.9 Å². The van der Waals surface area contributed by atoms with Crippen molar-refractivity contribution >= 4 is 39.1 Å². The predicted octanol–water partition coefficient (Wildman–Crippen LogP) is 7.40. The summed E-state index contributed by atoms with van der Waals surface area (Å²) in [7, 11) is -5.06. The minimum Gasteiger partial charge on any atom is -0.408 e. The topological polar surface area (TPSA) is 58.2 Å². The highest BCUT2D eigenvalue weighted by Crippen LogP contribution is 2.45. The maximum absolute atomic E-state index is 13.6. The van der Waals surface area contributed by atoms with Crippen LogP contribution in [0.2, 0.25) is 26.2 Å². The van der Waals surface area contributed by atoms with Crippen LogP contribution in [0.3, 0.4) is 0 Å². The van der Waals surface area contributed by atoms with Crippen LogP contribution in [0.1, 0.15) is 41.6 Å². The van der Waals surface area contributed by atoms with Gasteiger partial charge in [0.05, 0.1) is 17.2 Å². The molecule has 1 fully saturated rings. The summed E-state index contributed by atoms with van der Waals surface area (Å²) in [6.07, 6.45) is -7.62. The molecular weight excluding hydrogens is 541 g/mol. The molecule has 2 amide bonds. The third-order valence-corrected chi connectivity index (χ3v) is 17.7. The Morgan fingerprint density at radius 1 is 1.05 bits per heavy atom. The molecule has 0 radical (unpaired) electrons. The fraction of sp³-hybridized carbons (Fsp3) is 0.360. The van der Waals surface area contributed by atoms with Crippen molar-refractivity contribution in [3.8, 4) is 11.1 Å². The molecule has 2 aliphatic rings. The van der Waals surface area contributed by atoms with Gasteiger partial charge in [-0.25, -0.2) is 0 Å². The van der Waals surface area contributed by atoms with Crippen molar-refractivity contribution in [3.05, 3.63) is 64.2 Å². The molecule has 4 rings (SSSR count). The summed E-state index contributed by atoms with van der Waals surface area (Å²) in [6, 6.07) is 5.41. The summed E-state index contributed by atoms with van der Waals surface area (Å²) < 4.78 is 81.4. The number of fused-ring (bicyclic) bond motifs is 1. The Labute approximate surface area is 218 Å². The number of hydrogen-bond acceptors (Lipinski definition) is 2. The quantitative estimate of drug-likeness (QED) is 0.292. The van der Waals surface area contributed by atoms with Gasteiger partial charge in [-0.05, 0) is 52.4 Å². The molecule has 202 valence electrons. The molecule has 0 spiro atoms. The lowest BCUT2D eigenvalue weighted by Gasteiger charge is -2.46. The zero-order chi connectivity index (χ0) is 28.4. The van der Waals surface area contributed by atoms with Crippen LogP contribution in [0.25, 0.3) is 17.2 Å². The Morgan fingerprint density at radius 2 is 1.63 bits per heavy atom.